The van der Waals surface area contributed by atoms with E-state index in [-0.39, 0.29) is 0 Å². The zero-order chi connectivity index (χ0) is 14.8. The van der Waals surface area contributed by atoms with Gasteiger partial charge >= 0.3 is 0 Å². The molecule has 4 rings (SSSR count). The van der Waals surface area contributed by atoms with Gasteiger partial charge in [0.2, 0.25) is 0 Å². The van der Waals surface area contributed by atoms with Gasteiger partial charge in [-0.05, 0) is 36.7 Å². The highest BCUT2D eigenvalue weighted by Crippen LogP contribution is 2.46. The van der Waals surface area contributed by atoms with E-state index in [0.717, 1.165) is 24.4 Å². The van der Waals surface area contributed by atoms with Gasteiger partial charge < -0.3 is 0 Å². The normalized spacial score (nSPS) is 33.0. The molecule has 3 atom stereocenters. The number of benzene rings is 1. The first-order valence-corrected chi connectivity index (χ1v) is 9.06. The van der Waals surface area contributed by atoms with E-state index in [1.54, 1.807) is 0 Å². The molecule has 2 saturated carbocycles. The molecule has 1 heterocycles. The number of hydrogen-bond donors (Lipinski definition) is 0. The first kappa shape index (κ1) is 14.5. The van der Waals surface area contributed by atoms with Crippen LogP contribution in [0.4, 0.5) is 0 Å². The molecule has 2 nitrogen and oxygen atoms in total. The van der Waals surface area contributed by atoms with Gasteiger partial charge in [0, 0.05) is 38.8 Å². The van der Waals surface area contributed by atoms with Gasteiger partial charge in [0.15, 0.2) is 0 Å². The van der Waals surface area contributed by atoms with E-state index < -0.39 is 0 Å². The topological polar surface area (TPSA) is 6.48 Å². The van der Waals surface area contributed by atoms with Crippen molar-refractivity contribution in [1.29, 1.82) is 0 Å². The Morgan fingerprint density at radius 2 is 1.77 bits per heavy atom. The third-order valence-electron chi connectivity index (χ3n) is 6.05. The van der Waals surface area contributed by atoms with Crippen LogP contribution in [0, 0.1) is 11.8 Å². The third-order valence-corrected chi connectivity index (χ3v) is 6.05. The summed E-state index contributed by atoms with van der Waals surface area (Å²) in [7, 11) is 0. The Balaban J connectivity index is 1.23. The number of nitrogens with zero attached hydrogens (tertiary/aromatic N) is 2. The Morgan fingerprint density at radius 3 is 2.45 bits per heavy atom. The van der Waals surface area contributed by atoms with Gasteiger partial charge in [-0.1, -0.05) is 48.9 Å². The van der Waals surface area contributed by atoms with Crippen LogP contribution in [0.25, 0.3) is 6.08 Å². The van der Waals surface area contributed by atoms with E-state index >= 15 is 0 Å². The van der Waals surface area contributed by atoms with Crippen LogP contribution in [0.3, 0.4) is 0 Å². The van der Waals surface area contributed by atoms with E-state index in [9.17, 15) is 0 Å². The summed E-state index contributed by atoms with van der Waals surface area (Å²) < 4.78 is 0. The predicted molar refractivity (Wildman–Crippen MR) is 92.7 cm³/mol. The summed E-state index contributed by atoms with van der Waals surface area (Å²) in [6.45, 7) is 6.15. The van der Waals surface area contributed by atoms with Crippen molar-refractivity contribution in [1.82, 2.24) is 9.80 Å². The molecule has 0 amide bonds. The second-order valence-corrected chi connectivity index (χ2v) is 7.39. The largest absolute Gasteiger partial charge is 0.298 e. The monoisotopic (exact) mass is 296 g/mol. The van der Waals surface area contributed by atoms with Crippen molar-refractivity contribution in [3.05, 3.63) is 42.0 Å². The molecule has 1 aromatic rings. The molecule has 2 aliphatic carbocycles. The Bertz CT molecular complexity index is 502. The van der Waals surface area contributed by atoms with E-state index in [1.165, 1.54) is 57.4 Å². The first-order valence-electron chi connectivity index (χ1n) is 9.06. The van der Waals surface area contributed by atoms with Crippen LogP contribution >= 0.6 is 0 Å². The average Bonchev–Trinajstić information content (AvgIpc) is 3.20. The third kappa shape index (κ3) is 3.13. The van der Waals surface area contributed by atoms with Gasteiger partial charge in [-0.2, -0.15) is 0 Å². The fourth-order valence-corrected chi connectivity index (χ4v) is 4.84. The van der Waals surface area contributed by atoms with Gasteiger partial charge in [-0.25, -0.2) is 0 Å². The summed E-state index contributed by atoms with van der Waals surface area (Å²) in [5, 5.41) is 0. The highest BCUT2D eigenvalue weighted by molar-refractivity contribution is 5.48. The highest BCUT2D eigenvalue weighted by atomic mass is 15.3. The van der Waals surface area contributed by atoms with Crippen molar-refractivity contribution in [2.24, 2.45) is 11.8 Å². The lowest BCUT2D eigenvalue weighted by Crippen LogP contribution is -2.51. The minimum Gasteiger partial charge on any atom is -0.298 e. The van der Waals surface area contributed by atoms with Gasteiger partial charge in [-0.15, -0.1) is 0 Å². The smallest absolute Gasteiger partial charge is 0.0167 e. The molecule has 118 valence electrons. The molecule has 1 aliphatic heterocycles. The number of piperazine rings is 1. The van der Waals surface area contributed by atoms with Gasteiger partial charge in [-0.3, -0.25) is 9.80 Å². The SMILES string of the molecule is C(=C\c1ccccc1)/CN1CCN([C@H]2C[C@H]3CC[C@H]2C3)CC1. The maximum Gasteiger partial charge on any atom is 0.0167 e. The molecule has 3 aliphatic rings. The Kier molecular flexibility index (Phi) is 4.31. The molecular formula is C20H28N2. The summed E-state index contributed by atoms with van der Waals surface area (Å²) in [5.41, 5.74) is 1.31. The van der Waals surface area contributed by atoms with Crippen LogP contribution in [0.15, 0.2) is 36.4 Å². The van der Waals surface area contributed by atoms with E-state index in [0.29, 0.717) is 0 Å². The molecule has 0 N–H and O–H groups in total. The summed E-state index contributed by atoms with van der Waals surface area (Å²) in [4.78, 5) is 5.41. The molecule has 0 unspecified atom stereocenters. The minimum atomic E-state index is 0.931. The maximum absolute atomic E-state index is 2.81. The van der Waals surface area contributed by atoms with E-state index in [1.807, 2.05) is 0 Å². The van der Waals surface area contributed by atoms with Crippen LogP contribution in [0.5, 0.6) is 0 Å². The standard InChI is InChI=1S/C20H28N2/c1-2-5-17(6-3-1)7-4-10-21-11-13-22(14-12-21)20-16-18-8-9-19(20)15-18/h1-7,18-20H,8-16H2/b7-4+/t18-,19-,20-/m0/s1. The Labute approximate surface area is 134 Å². The molecule has 0 radical (unpaired) electrons. The van der Waals surface area contributed by atoms with E-state index in [4.69, 9.17) is 0 Å². The van der Waals surface area contributed by atoms with Crippen molar-refractivity contribution in [2.45, 2.75) is 31.7 Å². The van der Waals surface area contributed by atoms with Crippen LogP contribution < -0.4 is 0 Å². The number of fused-ring (bicyclic) bond motifs is 2. The van der Waals surface area contributed by atoms with E-state index in [2.05, 4.69) is 52.3 Å². The highest BCUT2D eigenvalue weighted by Gasteiger charge is 2.42. The summed E-state index contributed by atoms with van der Waals surface area (Å²) in [5.74, 6) is 2.11. The zero-order valence-electron chi connectivity index (χ0n) is 13.5. The van der Waals surface area contributed by atoms with Gasteiger partial charge in [0.05, 0.1) is 0 Å². The number of rotatable bonds is 4. The average molecular weight is 296 g/mol. The first-order chi connectivity index (χ1) is 10.9. The van der Waals surface area contributed by atoms with Gasteiger partial charge in [0.1, 0.15) is 0 Å². The summed E-state index contributed by atoms with van der Waals surface area (Å²) in [6.07, 6.45) is 10.6. The molecule has 2 heteroatoms. The maximum atomic E-state index is 2.81. The lowest BCUT2D eigenvalue weighted by molar-refractivity contribution is 0.0765. The zero-order valence-corrected chi connectivity index (χ0v) is 13.5. The molecular weight excluding hydrogens is 268 g/mol. The predicted octanol–water partition coefficient (Wildman–Crippen LogP) is 3.51. The molecule has 22 heavy (non-hydrogen) atoms. The van der Waals surface area contributed by atoms with Crippen molar-refractivity contribution in [3.63, 3.8) is 0 Å². The second-order valence-electron chi connectivity index (χ2n) is 7.39. The Hall–Kier alpha value is -1.12. The molecule has 1 saturated heterocycles. The summed E-state index contributed by atoms with van der Waals surface area (Å²) in [6, 6.07) is 11.6. The molecule has 3 fully saturated rings. The minimum absolute atomic E-state index is 0.931. The summed E-state index contributed by atoms with van der Waals surface area (Å²) >= 11 is 0. The van der Waals surface area contributed by atoms with Crippen molar-refractivity contribution >= 4 is 6.08 Å². The van der Waals surface area contributed by atoms with Crippen LogP contribution in [-0.2, 0) is 0 Å². The van der Waals surface area contributed by atoms with Crippen molar-refractivity contribution in [2.75, 3.05) is 32.7 Å². The Morgan fingerprint density at radius 1 is 0.955 bits per heavy atom. The fraction of sp³-hybridized carbons (Fsp3) is 0.600. The van der Waals surface area contributed by atoms with Gasteiger partial charge in [0.25, 0.3) is 0 Å². The van der Waals surface area contributed by atoms with Crippen LogP contribution in [-0.4, -0.2) is 48.6 Å². The molecule has 2 bridgehead atoms. The quantitative estimate of drug-likeness (QED) is 0.839. The van der Waals surface area contributed by atoms with Crippen molar-refractivity contribution < 1.29 is 0 Å². The molecule has 0 spiro atoms. The lowest BCUT2D eigenvalue weighted by atomic mass is 9.93. The van der Waals surface area contributed by atoms with Crippen molar-refractivity contribution in [3.8, 4) is 0 Å². The second kappa shape index (κ2) is 6.55. The number of hydrogen-bond acceptors (Lipinski definition) is 2. The molecule has 0 aromatic heterocycles. The van der Waals surface area contributed by atoms with Crippen LogP contribution in [0.1, 0.15) is 31.2 Å². The fourth-order valence-electron chi connectivity index (χ4n) is 4.84. The lowest BCUT2D eigenvalue weighted by Gasteiger charge is -2.40. The van der Waals surface area contributed by atoms with Crippen LogP contribution in [0.2, 0.25) is 0 Å². The molecule has 1 aromatic carbocycles.